The fourth-order valence-electron chi connectivity index (χ4n) is 3.52. The molecule has 0 atom stereocenters. The summed E-state index contributed by atoms with van der Waals surface area (Å²) >= 11 is 3.44. The Kier molecular flexibility index (Phi) is 3.62. The van der Waals surface area contributed by atoms with Crippen LogP contribution in [0.1, 0.15) is 23.6 Å². The van der Waals surface area contributed by atoms with Gasteiger partial charge in [-0.1, -0.05) is 0 Å². The molecule has 1 aromatic carbocycles. The van der Waals surface area contributed by atoms with Gasteiger partial charge >= 0.3 is 0 Å². The number of rotatable bonds is 2. The maximum atomic E-state index is 14.3. The SMILES string of the molecule is Cn1cc2cc(-c3nc4sc(C5CCNCC5)cc4s3)cc(F)c2n1. The van der Waals surface area contributed by atoms with E-state index < -0.39 is 0 Å². The lowest BCUT2D eigenvalue weighted by molar-refractivity contribution is 0.465. The van der Waals surface area contributed by atoms with Crippen molar-refractivity contribution >= 4 is 43.1 Å². The monoisotopic (exact) mass is 372 g/mol. The zero-order valence-electron chi connectivity index (χ0n) is 13.8. The highest BCUT2D eigenvalue weighted by Gasteiger charge is 2.20. The summed E-state index contributed by atoms with van der Waals surface area (Å²) in [6.07, 6.45) is 4.24. The number of thiazole rings is 1. The van der Waals surface area contributed by atoms with Crippen LogP contribution in [0, 0.1) is 5.82 Å². The maximum absolute atomic E-state index is 14.3. The van der Waals surface area contributed by atoms with Gasteiger partial charge in [-0.15, -0.1) is 22.7 Å². The van der Waals surface area contributed by atoms with Gasteiger partial charge in [0, 0.05) is 29.1 Å². The van der Waals surface area contributed by atoms with E-state index in [4.69, 9.17) is 4.98 Å². The van der Waals surface area contributed by atoms with Crippen molar-refractivity contribution in [2.75, 3.05) is 13.1 Å². The van der Waals surface area contributed by atoms with E-state index in [9.17, 15) is 4.39 Å². The summed E-state index contributed by atoms with van der Waals surface area (Å²) in [5, 5.41) is 9.27. The highest BCUT2D eigenvalue weighted by atomic mass is 32.1. The van der Waals surface area contributed by atoms with Crippen LogP contribution in [0.5, 0.6) is 0 Å². The second kappa shape index (κ2) is 5.86. The van der Waals surface area contributed by atoms with Crippen molar-refractivity contribution in [2.45, 2.75) is 18.8 Å². The van der Waals surface area contributed by atoms with Crippen LogP contribution < -0.4 is 5.32 Å². The number of halogens is 1. The Morgan fingerprint density at radius 2 is 2.04 bits per heavy atom. The van der Waals surface area contributed by atoms with Gasteiger partial charge in [0.15, 0.2) is 5.82 Å². The summed E-state index contributed by atoms with van der Waals surface area (Å²) < 4.78 is 17.2. The standard InChI is InChI=1S/C18H17FN4S2/c1-23-9-12-6-11(7-13(19)16(12)22-23)17-21-18-15(25-17)8-14(24-18)10-2-4-20-5-3-10/h6-10,20H,2-5H2,1H3. The average Bonchev–Trinajstić information content (AvgIpc) is 3.27. The minimum atomic E-state index is -0.290. The average molecular weight is 372 g/mol. The largest absolute Gasteiger partial charge is 0.317 e. The number of thiophene rings is 1. The maximum Gasteiger partial charge on any atom is 0.152 e. The Balaban J connectivity index is 1.53. The van der Waals surface area contributed by atoms with Crippen LogP contribution in [-0.2, 0) is 7.05 Å². The minimum Gasteiger partial charge on any atom is -0.317 e. The van der Waals surface area contributed by atoms with E-state index in [1.54, 1.807) is 40.5 Å². The molecule has 4 heterocycles. The molecule has 128 valence electrons. The fourth-order valence-corrected chi connectivity index (χ4v) is 5.90. The number of hydrogen-bond acceptors (Lipinski definition) is 5. The van der Waals surface area contributed by atoms with Crippen molar-refractivity contribution in [3.8, 4) is 10.6 Å². The molecule has 7 heteroatoms. The van der Waals surface area contributed by atoms with E-state index in [2.05, 4.69) is 16.5 Å². The molecule has 0 amide bonds. The summed E-state index contributed by atoms with van der Waals surface area (Å²) in [7, 11) is 1.81. The zero-order chi connectivity index (χ0) is 17.0. The number of aryl methyl sites for hydroxylation is 1. The lowest BCUT2D eigenvalue weighted by Gasteiger charge is -2.21. The molecule has 0 aliphatic carbocycles. The molecule has 4 nitrogen and oxygen atoms in total. The molecular formula is C18H17FN4S2. The van der Waals surface area contributed by atoms with E-state index in [1.807, 2.05) is 12.3 Å². The van der Waals surface area contributed by atoms with Gasteiger partial charge in [-0.25, -0.2) is 9.37 Å². The first kappa shape index (κ1) is 15.4. The second-order valence-corrected chi connectivity index (χ2v) is 8.65. The summed E-state index contributed by atoms with van der Waals surface area (Å²) in [5.74, 6) is 0.363. The van der Waals surface area contributed by atoms with Crippen molar-refractivity contribution in [3.63, 3.8) is 0 Å². The Morgan fingerprint density at radius 1 is 1.20 bits per heavy atom. The molecule has 25 heavy (non-hydrogen) atoms. The third-order valence-corrected chi connectivity index (χ3v) is 7.15. The fraction of sp³-hybridized carbons (Fsp3) is 0.333. The van der Waals surface area contributed by atoms with Crippen LogP contribution in [0.4, 0.5) is 4.39 Å². The highest BCUT2D eigenvalue weighted by Crippen LogP contribution is 2.40. The lowest BCUT2D eigenvalue weighted by atomic mass is 9.97. The predicted molar refractivity (Wildman–Crippen MR) is 102 cm³/mol. The molecule has 1 N–H and O–H groups in total. The van der Waals surface area contributed by atoms with Crippen molar-refractivity contribution in [1.82, 2.24) is 20.1 Å². The molecule has 0 radical (unpaired) electrons. The predicted octanol–water partition coefficient (Wildman–Crippen LogP) is 4.52. The third-order valence-electron chi connectivity index (χ3n) is 4.77. The van der Waals surface area contributed by atoms with E-state index in [1.165, 1.54) is 22.4 Å². The second-order valence-electron chi connectivity index (χ2n) is 6.56. The zero-order valence-corrected chi connectivity index (χ0v) is 15.4. The number of hydrogen-bond donors (Lipinski definition) is 1. The van der Waals surface area contributed by atoms with Crippen molar-refractivity contribution in [3.05, 3.63) is 35.1 Å². The number of aromatic nitrogens is 3. The Bertz CT molecular complexity index is 1040. The van der Waals surface area contributed by atoms with Crippen LogP contribution in [0.15, 0.2) is 24.4 Å². The van der Waals surface area contributed by atoms with Crippen molar-refractivity contribution in [2.24, 2.45) is 7.05 Å². The lowest BCUT2D eigenvalue weighted by Crippen LogP contribution is -2.26. The molecule has 3 aromatic heterocycles. The normalized spacial score (nSPS) is 16.2. The molecular weight excluding hydrogens is 355 g/mol. The van der Waals surface area contributed by atoms with Gasteiger partial charge in [0.25, 0.3) is 0 Å². The van der Waals surface area contributed by atoms with Crippen LogP contribution in [-0.4, -0.2) is 27.9 Å². The van der Waals surface area contributed by atoms with Gasteiger partial charge in [-0.3, -0.25) is 4.68 Å². The molecule has 0 spiro atoms. The first-order chi connectivity index (χ1) is 12.2. The topological polar surface area (TPSA) is 42.7 Å². The summed E-state index contributed by atoms with van der Waals surface area (Å²) in [6, 6.07) is 5.81. The van der Waals surface area contributed by atoms with Gasteiger partial charge in [0.1, 0.15) is 15.4 Å². The molecule has 0 saturated carbocycles. The first-order valence-corrected chi connectivity index (χ1v) is 10.0. The quantitative estimate of drug-likeness (QED) is 0.563. The number of nitrogens with one attached hydrogen (secondary N) is 1. The highest BCUT2D eigenvalue weighted by molar-refractivity contribution is 7.28. The number of nitrogens with zero attached hydrogens (tertiary/aromatic N) is 3. The minimum absolute atomic E-state index is 0.290. The van der Waals surface area contributed by atoms with Crippen LogP contribution >= 0.6 is 22.7 Å². The molecule has 1 fully saturated rings. The molecule has 1 aliphatic rings. The van der Waals surface area contributed by atoms with Gasteiger partial charge in [-0.05, 0) is 50.0 Å². The van der Waals surface area contributed by atoms with E-state index in [0.29, 0.717) is 11.4 Å². The van der Waals surface area contributed by atoms with Gasteiger partial charge in [0.05, 0.1) is 4.70 Å². The van der Waals surface area contributed by atoms with Crippen LogP contribution in [0.25, 0.3) is 31.0 Å². The van der Waals surface area contributed by atoms with Gasteiger partial charge in [-0.2, -0.15) is 5.10 Å². The van der Waals surface area contributed by atoms with E-state index in [0.717, 1.165) is 33.9 Å². The van der Waals surface area contributed by atoms with E-state index >= 15 is 0 Å². The van der Waals surface area contributed by atoms with Crippen LogP contribution in [0.3, 0.4) is 0 Å². The summed E-state index contributed by atoms with van der Waals surface area (Å²) in [6.45, 7) is 2.19. The van der Waals surface area contributed by atoms with E-state index in [-0.39, 0.29) is 5.82 Å². The van der Waals surface area contributed by atoms with Gasteiger partial charge < -0.3 is 5.32 Å². The summed E-state index contributed by atoms with van der Waals surface area (Å²) in [5.41, 5.74) is 1.24. The van der Waals surface area contributed by atoms with Crippen molar-refractivity contribution in [1.29, 1.82) is 0 Å². The third kappa shape index (κ3) is 2.67. The number of piperidine rings is 1. The molecule has 4 aromatic rings. The molecule has 1 aliphatic heterocycles. The molecule has 0 bridgehead atoms. The Labute approximate surface area is 152 Å². The van der Waals surface area contributed by atoms with Gasteiger partial charge in [0.2, 0.25) is 0 Å². The summed E-state index contributed by atoms with van der Waals surface area (Å²) in [4.78, 5) is 7.29. The van der Waals surface area contributed by atoms with Crippen LogP contribution in [0.2, 0.25) is 0 Å². The first-order valence-electron chi connectivity index (χ1n) is 8.41. The smallest absolute Gasteiger partial charge is 0.152 e. The Hall–Kier alpha value is -1.83. The molecule has 1 saturated heterocycles. The molecule has 5 rings (SSSR count). The molecule has 0 unspecified atom stereocenters. The van der Waals surface area contributed by atoms with Crippen molar-refractivity contribution < 1.29 is 4.39 Å². The number of fused-ring (bicyclic) bond motifs is 2. The number of benzene rings is 1. The Morgan fingerprint density at radius 3 is 2.84 bits per heavy atom.